The summed E-state index contributed by atoms with van der Waals surface area (Å²) in [5.41, 5.74) is 1.47. The molecule has 1 N–H and O–H groups in total. The average Bonchev–Trinajstić information content (AvgIpc) is 2.79. The van der Waals surface area contributed by atoms with E-state index in [0.717, 1.165) is 31.2 Å². The van der Waals surface area contributed by atoms with E-state index < -0.39 is 11.9 Å². The zero-order valence-electron chi connectivity index (χ0n) is 18.4. The molecule has 0 saturated heterocycles. The largest absolute Gasteiger partial charge is 0.352 e. The molecule has 0 heterocycles. The molecule has 1 aliphatic rings. The van der Waals surface area contributed by atoms with Gasteiger partial charge in [0.25, 0.3) is 0 Å². The molecule has 2 aromatic rings. The number of hydrogen-bond acceptors (Lipinski definition) is 2. The van der Waals surface area contributed by atoms with Gasteiger partial charge in [0, 0.05) is 12.6 Å². The van der Waals surface area contributed by atoms with E-state index in [2.05, 4.69) is 5.32 Å². The smallest absolute Gasteiger partial charge is 0.243 e. The highest BCUT2D eigenvalue weighted by Gasteiger charge is 2.30. The predicted molar refractivity (Wildman–Crippen MR) is 121 cm³/mol. The van der Waals surface area contributed by atoms with Crippen molar-refractivity contribution in [2.45, 2.75) is 70.4 Å². The van der Waals surface area contributed by atoms with Crippen LogP contribution >= 0.6 is 0 Å². The Kier molecular flexibility index (Phi) is 8.63. The number of amides is 2. The Bertz CT molecular complexity index is 849. The van der Waals surface area contributed by atoms with Gasteiger partial charge in [0.2, 0.25) is 11.8 Å². The van der Waals surface area contributed by atoms with Crippen LogP contribution in [0.4, 0.5) is 4.39 Å². The molecule has 1 fully saturated rings. The monoisotopic (exact) mass is 424 g/mol. The molecular weight excluding hydrogens is 391 g/mol. The van der Waals surface area contributed by atoms with E-state index in [9.17, 15) is 14.0 Å². The van der Waals surface area contributed by atoms with Gasteiger partial charge < -0.3 is 10.2 Å². The Hall–Kier alpha value is -2.69. The SMILES string of the molecule is CC[C@@H](C(=O)NC1CCCCC1)N(CCc1ccccc1)C(=O)Cc1ccccc1F. The van der Waals surface area contributed by atoms with Crippen molar-refractivity contribution in [3.8, 4) is 0 Å². The summed E-state index contributed by atoms with van der Waals surface area (Å²) in [5.74, 6) is -0.699. The molecule has 0 aromatic heterocycles. The molecule has 3 rings (SSSR count). The van der Waals surface area contributed by atoms with E-state index in [1.165, 1.54) is 12.5 Å². The highest BCUT2D eigenvalue weighted by molar-refractivity contribution is 5.88. The summed E-state index contributed by atoms with van der Waals surface area (Å²) < 4.78 is 14.2. The van der Waals surface area contributed by atoms with E-state index in [-0.39, 0.29) is 24.3 Å². The molecule has 2 amide bonds. The summed E-state index contributed by atoms with van der Waals surface area (Å²) in [6.45, 7) is 2.35. The lowest BCUT2D eigenvalue weighted by Crippen LogP contribution is -2.52. The van der Waals surface area contributed by atoms with Crippen molar-refractivity contribution < 1.29 is 14.0 Å². The molecule has 0 spiro atoms. The van der Waals surface area contributed by atoms with Crippen LogP contribution in [0.25, 0.3) is 0 Å². The topological polar surface area (TPSA) is 49.4 Å². The second kappa shape index (κ2) is 11.6. The van der Waals surface area contributed by atoms with E-state index in [1.54, 1.807) is 23.1 Å². The van der Waals surface area contributed by atoms with E-state index >= 15 is 0 Å². The van der Waals surface area contributed by atoms with E-state index in [1.807, 2.05) is 37.3 Å². The van der Waals surface area contributed by atoms with Crippen LogP contribution in [0.2, 0.25) is 0 Å². The second-order valence-electron chi connectivity index (χ2n) is 8.36. The summed E-state index contributed by atoms with van der Waals surface area (Å²) in [6, 6.07) is 15.9. The predicted octanol–water partition coefficient (Wildman–Crippen LogP) is 4.67. The lowest BCUT2D eigenvalue weighted by atomic mass is 9.95. The van der Waals surface area contributed by atoms with E-state index in [0.29, 0.717) is 24.9 Å². The fourth-order valence-electron chi connectivity index (χ4n) is 4.35. The maximum absolute atomic E-state index is 14.2. The van der Waals surface area contributed by atoms with Crippen LogP contribution in [0.15, 0.2) is 54.6 Å². The third kappa shape index (κ3) is 6.65. The van der Waals surface area contributed by atoms with Crippen molar-refractivity contribution in [2.75, 3.05) is 6.54 Å². The number of rotatable bonds is 9. The number of halogens is 1. The van der Waals surface area contributed by atoms with Crippen molar-refractivity contribution in [2.24, 2.45) is 0 Å². The Morgan fingerprint density at radius 3 is 2.39 bits per heavy atom. The number of carbonyl (C=O) groups is 2. The first-order chi connectivity index (χ1) is 15.1. The maximum atomic E-state index is 14.2. The van der Waals surface area contributed by atoms with Crippen LogP contribution < -0.4 is 5.32 Å². The van der Waals surface area contributed by atoms with Gasteiger partial charge >= 0.3 is 0 Å². The highest BCUT2D eigenvalue weighted by Crippen LogP contribution is 2.19. The minimum absolute atomic E-state index is 0.0470. The van der Waals surface area contributed by atoms with Gasteiger partial charge in [0.15, 0.2) is 0 Å². The molecule has 1 aliphatic carbocycles. The molecule has 4 nitrogen and oxygen atoms in total. The number of nitrogens with zero attached hydrogens (tertiary/aromatic N) is 1. The lowest BCUT2D eigenvalue weighted by Gasteiger charge is -2.33. The Morgan fingerprint density at radius 2 is 1.71 bits per heavy atom. The second-order valence-corrected chi connectivity index (χ2v) is 8.36. The van der Waals surface area contributed by atoms with Crippen LogP contribution in [0.3, 0.4) is 0 Å². The minimum Gasteiger partial charge on any atom is -0.352 e. The van der Waals surface area contributed by atoms with Crippen LogP contribution in [0.5, 0.6) is 0 Å². The molecule has 0 unspecified atom stereocenters. The summed E-state index contributed by atoms with van der Waals surface area (Å²) in [5, 5.41) is 3.17. The van der Waals surface area contributed by atoms with Gasteiger partial charge in [-0.3, -0.25) is 9.59 Å². The van der Waals surface area contributed by atoms with Crippen molar-refractivity contribution in [1.82, 2.24) is 10.2 Å². The Labute approximate surface area is 184 Å². The van der Waals surface area contributed by atoms with Gasteiger partial charge in [-0.15, -0.1) is 0 Å². The van der Waals surface area contributed by atoms with Crippen LogP contribution in [0, 0.1) is 5.82 Å². The molecule has 0 aliphatic heterocycles. The van der Waals surface area contributed by atoms with Gasteiger partial charge in [-0.25, -0.2) is 4.39 Å². The first-order valence-corrected chi connectivity index (χ1v) is 11.5. The Balaban J connectivity index is 1.75. The van der Waals surface area contributed by atoms with Gasteiger partial charge in [-0.2, -0.15) is 0 Å². The summed E-state index contributed by atoms with van der Waals surface area (Å²) >= 11 is 0. The summed E-state index contributed by atoms with van der Waals surface area (Å²) in [4.78, 5) is 28.1. The lowest BCUT2D eigenvalue weighted by molar-refractivity contribution is -0.140. The van der Waals surface area contributed by atoms with Crippen molar-refractivity contribution in [3.63, 3.8) is 0 Å². The normalized spacial score (nSPS) is 15.3. The first kappa shape index (κ1) is 23.0. The zero-order chi connectivity index (χ0) is 22.1. The Morgan fingerprint density at radius 1 is 1.03 bits per heavy atom. The van der Waals surface area contributed by atoms with Crippen molar-refractivity contribution in [1.29, 1.82) is 0 Å². The van der Waals surface area contributed by atoms with Gasteiger partial charge in [-0.1, -0.05) is 74.7 Å². The molecule has 31 heavy (non-hydrogen) atoms. The van der Waals surface area contributed by atoms with Gasteiger partial charge in [0.05, 0.1) is 6.42 Å². The fraction of sp³-hybridized carbons (Fsp3) is 0.462. The quantitative estimate of drug-likeness (QED) is 0.636. The molecule has 5 heteroatoms. The van der Waals surface area contributed by atoms with Crippen molar-refractivity contribution in [3.05, 3.63) is 71.5 Å². The first-order valence-electron chi connectivity index (χ1n) is 11.5. The van der Waals surface area contributed by atoms with Crippen molar-refractivity contribution >= 4 is 11.8 Å². The standard InChI is InChI=1S/C26H33FN2O2/c1-2-24(26(31)28-22-14-7-4-8-15-22)29(18-17-20-11-5-3-6-12-20)25(30)19-21-13-9-10-16-23(21)27/h3,5-6,9-13,16,22,24H,2,4,7-8,14-15,17-19H2,1H3,(H,28,31)/t24-/m0/s1. The van der Waals surface area contributed by atoms with Gasteiger partial charge in [-0.05, 0) is 42.9 Å². The van der Waals surface area contributed by atoms with E-state index in [4.69, 9.17) is 0 Å². The number of benzene rings is 2. The fourth-order valence-corrected chi connectivity index (χ4v) is 4.35. The number of carbonyl (C=O) groups excluding carboxylic acids is 2. The molecule has 0 radical (unpaired) electrons. The van der Waals surface area contributed by atoms with Crippen LogP contribution in [-0.2, 0) is 22.4 Å². The maximum Gasteiger partial charge on any atom is 0.243 e. The zero-order valence-corrected chi connectivity index (χ0v) is 18.4. The third-order valence-corrected chi connectivity index (χ3v) is 6.12. The molecule has 0 bridgehead atoms. The number of hydrogen-bond donors (Lipinski definition) is 1. The molecule has 1 atom stereocenters. The summed E-state index contributed by atoms with van der Waals surface area (Å²) in [6.07, 6.45) is 6.60. The third-order valence-electron chi connectivity index (χ3n) is 6.12. The average molecular weight is 425 g/mol. The molecular formula is C26H33FN2O2. The van der Waals surface area contributed by atoms with Crippen LogP contribution in [0.1, 0.15) is 56.6 Å². The van der Waals surface area contributed by atoms with Crippen LogP contribution in [-0.4, -0.2) is 35.3 Å². The minimum atomic E-state index is -0.551. The molecule has 2 aromatic carbocycles. The highest BCUT2D eigenvalue weighted by atomic mass is 19.1. The van der Waals surface area contributed by atoms with Gasteiger partial charge in [0.1, 0.15) is 11.9 Å². The molecule has 1 saturated carbocycles. The molecule has 166 valence electrons. The number of nitrogens with one attached hydrogen (secondary N) is 1. The summed E-state index contributed by atoms with van der Waals surface area (Å²) in [7, 11) is 0.